The van der Waals surface area contributed by atoms with Crippen LogP contribution in [0.1, 0.15) is 31.2 Å². The smallest absolute Gasteiger partial charge is 0.326 e. The normalized spacial score (nSPS) is 13.7. The molecule has 0 aromatic heterocycles. The van der Waals surface area contributed by atoms with E-state index in [1.165, 1.54) is 24.3 Å². The Morgan fingerprint density at radius 2 is 1.44 bits per heavy atom. The van der Waals surface area contributed by atoms with Crippen LogP contribution in [-0.4, -0.2) is 82.2 Å². The number of hydrogen-bond donors (Lipinski definition) is 10. The first kappa shape index (κ1) is 33.0. The highest BCUT2D eigenvalue weighted by Gasteiger charge is 2.30. The second-order valence-electron chi connectivity index (χ2n) is 8.64. The molecule has 13 N–H and O–H groups in total. The number of nitrogens with zero attached hydrogens (tertiary/aromatic N) is 1. The molecule has 1 aromatic carbocycles. The Hall–Kier alpha value is -4.05. The third-order valence-corrected chi connectivity index (χ3v) is 5.81. The Labute approximate surface area is 230 Å². The van der Waals surface area contributed by atoms with Gasteiger partial charge in [-0.15, -0.1) is 0 Å². The van der Waals surface area contributed by atoms with Gasteiger partial charge in [-0.2, -0.15) is 12.6 Å². The van der Waals surface area contributed by atoms with Crippen molar-refractivity contribution < 1.29 is 34.2 Å². The second-order valence-corrected chi connectivity index (χ2v) is 9.00. The predicted molar refractivity (Wildman–Crippen MR) is 145 cm³/mol. The molecule has 0 aliphatic carbocycles. The summed E-state index contributed by atoms with van der Waals surface area (Å²) in [5.74, 6) is -4.59. The average molecular weight is 569 g/mol. The fourth-order valence-electron chi connectivity index (χ4n) is 3.30. The number of benzene rings is 1. The molecule has 4 unspecified atom stereocenters. The molecule has 0 fully saturated rings. The van der Waals surface area contributed by atoms with E-state index in [2.05, 4.69) is 33.6 Å². The molecule has 4 atom stereocenters. The fraction of sp³-hybridized carbons (Fsp3) is 0.478. The molecule has 39 heavy (non-hydrogen) atoms. The largest absolute Gasteiger partial charge is 0.508 e. The van der Waals surface area contributed by atoms with Crippen molar-refractivity contribution in [2.24, 2.45) is 27.9 Å². The number of amides is 4. The highest BCUT2D eigenvalue weighted by Crippen LogP contribution is 2.12. The molecule has 1 rings (SSSR count). The summed E-state index contributed by atoms with van der Waals surface area (Å²) in [6.07, 6.45) is -0.345. The molecule has 0 bridgehead atoms. The van der Waals surface area contributed by atoms with Crippen molar-refractivity contribution in [3.63, 3.8) is 0 Å². The quantitative estimate of drug-likeness (QED) is 0.0394. The molecular weight excluding hydrogens is 532 g/mol. The molecule has 0 saturated carbocycles. The van der Waals surface area contributed by atoms with E-state index in [9.17, 15) is 34.2 Å². The maximum absolute atomic E-state index is 13.2. The molecule has 1 aromatic rings. The Balaban J connectivity index is 3.09. The van der Waals surface area contributed by atoms with Gasteiger partial charge in [0.15, 0.2) is 5.96 Å². The lowest BCUT2D eigenvalue weighted by Gasteiger charge is -2.25. The molecule has 216 valence electrons. The van der Waals surface area contributed by atoms with Crippen LogP contribution in [0.25, 0.3) is 0 Å². The van der Waals surface area contributed by atoms with Gasteiger partial charge >= 0.3 is 5.97 Å². The van der Waals surface area contributed by atoms with E-state index in [1.807, 2.05) is 0 Å². The molecular formula is C23H36N8O7S. The predicted octanol–water partition coefficient (Wildman–Crippen LogP) is -2.95. The number of carbonyl (C=O) groups excluding carboxylic acids is 4. The minimum atomic E-state index is -1.36. The summed E-state index contributed by atoms with van der Waals surface area (Å²) < 4.78 is 0. The van der Waals surface area contributed by atoms with Gasteiger partial charge in [-0.25, -0.2) is 4.79 Å². The van der Waals surface area contributed by atoms with Crippen LogP contribution in [0, 0.1) is 0 Å². The first-order valence-electron chi connectivity index (χ1n) is 12.0. The van der Waals surface area contributed by atoms with E-state index in [1.54, 1.807) is 0 Å². The molecule has 0 spiro atoms. The van der Waals surface area contributed by atoms with Gasteiger partial charge < -0.3 is 49.1 Å². The summed E-state index contributed by atoms with van der Waals surface area (Å²) in [5, 5.41) is 26.3. The fourth-order valence-corrected chi connectivity index (χ4v) is 3.47. The number of phenols is 1. The number of guanidine groups is 1. The number of rotatable bonds is 17. The van der Waals surface area contributed by atoms with Gasteiger partial charge in [0.2, 0.25) is 23.6 Å². The number of carboxylic acids is 1. The summed E-state index contributed by atoms with van der Waals surface area (Å²) in [5.41, 5.74) is 22.0. The Morgan fingerprint density at radius 1 is 0.872 bits per heavy atom. The van der Waals surface area contributed by atoms with Crippen LogP contribution in [0.2, 0.25) is 0 Å². The van der Waals surface area contributed by atoms with E-state index < -0.39 is 53.8 Å². The Bertz CT molecular complexity index is 1030. The molecule has 4 amide bonds. The van der Waals surface area contributed by atoms with Crippen LogP contribution in [0.15, 0.2) is 29.3 Å². The number of nitrogens with two attached hydrogens (primary N) is 4. The highest BCUT2D eigenvalue weighted by atomic mass is 32.1. The van der Waals surface area contributed by atoms with Crippen molar-refractivity contribution in [3.05, 3.63) is 29.8 Å². The molecule has 0 radical (unpaired) electrons. The van der Waals surface area contributed by atoms with Crippen LogP contribution in [0.4, 0.5) is 0 Å². The Kier molecular flexibility index (Phi) is 14.1. The number of carbonyl (C=O) groups is 5. The zero-order chi connectivity index (χ0) is 29.5. The lowest BCUT2D eigenvalue weighted by Crippen LogP contribution is -2.57. The van der Waals surface area contributed by atoms with Gasteiger partial charge in [0, 0.05) is 25.1 Å². The van der Waals surface area contributed by atoms with Gasteiger partial charge in [0.1, 0.15) is 23.9 Å². The van der Waals surface area contributed by atoms with Gasteiger partial charge in [0.25, 0.3) is 0 Å². The molecule has 15 nitrogen and oxygen atoms in total. The van der Waals surface area contributed by atoms with Crippen molar-refractivity contribution in [2.45, 2.75) is 56.3 Å². The first-order valence-corrected chi connectivity index (χ1v) is 12.6. The third kappa shape index (κ3) is 12.8. The monoisotopic (exact) mass is 568 g/mol. The van der Waals surface area contributed by atoms with Crippen molar-refractivity contribution in [3.8, 4) is 5.75 Å². The van der Waals surface area contributed by atoms with Crippen molar-refractivity contribution in [1.29, 1.82) is 0 Å². The Morgan fingerprint density at radius 3 is 1.97 bits per heavy atom. The number of thiol groups is 1. The summed E-state index contributed by atoms with van der Waals surface area (Å²) in [7, 11) is 0. The van der Waals surface area contributed by atoms with Crippen LogP contribution >= 0.6 is 12.6 Å². The van der Waals surface area contributed by atoms with Crippen LogP contribution < -0.4 is 38.9 Å². The lowest BCUT2D eigenvalue weighted by molar-refractivity contribution is -0.142. The minimum absolute atomic E-state index is 0.00276. The van der Waals surface area contributed by atoms with E-state index in [4.69, 9.17) is 22.9 Å². The standard InChI is InChI=1S/C23H36N8O7S/c24-14(11-39)19(34)31-17(10-12-3-5-13(32)6-4-12)21(36)29-15(7-8-18(25)33)20(35)30-16(22(37)38)2-1-9-28-23(26)27/h3-6,14-17,32,39H,1-2,7-11,24H2,(H2,25,33)(H,29,36)(H,30,35)(H,31,34)(H,37,38)(H4,26,27,28). The van der Waals surface area contributed by atoms with Gasteiger partial charge in [-0.1, -0.05) is 12.1 Å². The molecule has 16 heteroatoms. The summed E-state index contributed by atoms with van der Waals surface area (Å²) in [4.78, 5) is 65.5. The van der Waals surface area contributed by atoms with Crippen molar-refractivity contribution >= 4 is 48.2 Å². The lowest BCUT2D eigenvalue weighted by atomic mass is 10.0. The number of primary amides is 1. The third-order valence-electron chi connectivity index (χ3n) is 5.41. The van der Waals surface area contributed by atoms with Gasteiger partial charge in [0.05, 0.1) is 6.04 Å². The minimum Gasteiger partial charge on any atom is -0.508 e. The van der Waals surface area contributed by atoms with E-state index in [-0.39, 0.29) is 56.1 Å². The highest BCUT2D eigenvalue weighted by molar-refractivity contribution is 7.80. The summed E-state index contributed by atoms with van der Waals surface area (Å²) >= 11 is 3.98. The van der Waals surface area contributed by atoms with E-state index >= 15 is 0 Å². The maximum atomic E-state index is 13.2. The zero-order valence-electron chi connectivity index (χ0n) is 21.2. The van der Waals surface area contributed by atoms with Crippen molar-refractivity contribution in [2.75, 3.05) is 12.3 Å². The molecule has 0 heterocycles. The van der Waals surface area contributed by atoms with Gasteiger partial charge in [-0.05, 0) is 37.0 Å². The van der Waals surface area contributed by atoms with Crippen LogP contribution in [-0.2, 0) is 30.4 Å². The molecule has 0 aliphatic heterocycles. The summed E-state index contributed by atoms with van der Waals surface area (Å²) in [6.45, 7) is 0.136. The second kappa shape index (κ2) is 16.7. The number of carboxylic acid groups (broad SMARTS) is 1. The molecule has 0 saturated heterocycles. The average Bonchev–Trinajstić information content (AvgIpc) is 2.87. The van der Waals surface area contributed by atoms with E-state index in [0.717, 1.165) is 0 Å². The number of aliphatic carboxylic acids is 1. The topological polar surface area (TPSA) is 278 Å². The first-order chi connectivity index (χ1) is 18.3. The molecule has 0 aliphatic rings. The van der Waals surface area contributed by atoms with Crippen LogP contribution in [0.3, 0.4) is 0 Å². The van der Waals surface area contributed by atoms with Crippen LogP contribution in [0.5, 0.6) is 5.75 Å². The number of aromatic hydroxyl groups is 1. The number of phenolic OH excluding ortho intramolecular Hbond substituents is 1. The number of nitrogens with one attached hydrogen (secondary N) is 3. The van der Waals surface area contributed by atoms with E-state index in [0.29, 0.717) is 5.56 Å². The SMILES string of the molecule is NC(=O)CCC(NC(=O)C(Cc1ccc(O)cc1)NC(=O)C(N)CS)C(=O)NC(CCCN=C(N)N)C(=O)O. The number of aliphatic imine (C=N–C) groups is 1. The number of hydrogen-bond acceptors (Lipinski definition) is 9. The maximum Gasteiger partial charge on any atom is 0.326 e. The van der Waals surface area contributed by atoms with Gasteiger partial charge in [-0.3, -0.25) is 24.2 Å². The zero-order valence-corrected chi connectivity index (χ0v) is 22.1. The van der Waals surface area contributed by atoms with Crippen molar-refractivity contribution in [1.82, 2.24) is 16.0 Å². The summed E-state index contributed by atoms with van der Waals surface area (Å²) in [6, 6.07) is 0.943.